The Labute approximate surface area is 116 Å². The number of hydrogen-bond donors (Lipinski definition) is 2. The van der Waals surface area contributed by atoms with Gasteiger partial charge in [0.05, 0.1) is 17.7 Å². The van der Waals surface area contributed by atoms with Gasteiger partial charge in [0.25, 0.3) is 5.56 Å². The summed E-state index contributed by atoms with van der Waals surface area (Å²) in [7, 11) is 1.48. The smallest absolute Gasteiger partial charge is 0.269 e. The molecule has 1 aromatic heterocycles. The minimum atomic E-state index is -0.500. The predicted molar refractivity (Wildman–Crippen MR) is 71.2 cm³/mol. The summed E-state index contributed by atoms with van der Waals surface area (Å²) in [4.78, 5) is 17.9. The van der Waals surface area contributed by atoms with Crippen LogP contribution in [0, 0.1) is 0 Å². The van der Waals surface area contributed by atoms with Gasteiger partial charge in [-0.1, -0.05) is 17.7 Å². The van der Waals surface area contributed by atoms with Crippen molar-refractivity contribution in [3.63, 3.8) is 0 Å². The molecule has 0 aliphatic heterocycles. The molecule has 0 saturated heterocycles. The van der Waals surface area contributed by atoms with Crippen molar-refractivity contribution in [3.05, 3.63) is 38.0 Å². The topological polar surface area (TPSA) is 75.2 Å². The number of hydrogen-bond acceptors (Lipinski definition) is 4. The zero-order valence-electron chi connectivity index (χ0n) is 9.20. The SMILES string of the molecule is COc1cccc(Cl)c1-c1nc(O)c(Br)c(=O)[nH]1. The van der Waals surface area contributed by atoms with Gasteiger partial charge in [-0.15, -0.1) is 0 Å². The van der Waals surface area contributed by atoms with E-state index in [1.165, 1.54) is 7.11 Å². The van der Waals surface area contributed by atoms with Crippen molar-refractivity contribution in [2.24, 2.45) is 0 Å². The molecule has 2 rings (SSSR count). The highest BCUT2D eigenvalue weighted by Crippen LogP contribution is 2.34. The van der Waals surface area contributed by atoms with Crippen LogP contribution in [0.4, 0.5) is 0 Å². The molecule has 94 valence electrons. The van der Waals surface area contributed by atoms with Crippen molar-refractivity contribution < 1.29 is 9.84 Å². The molecule has 0 radical (unpaired) electrons. The number of ether oxygens (including phenoxy) is 1. The molecule has 1 heterocycles. The Morgan fingerprint density at radius 3 is 2.83 bits per heavy atom. The van der Waals surface area contributed by atoms with Gasteiger partial charge in [0.1, 0.15) is 16.0 Å². The maximum atomic E-state index is 11.6. The number of nitrogens with zero attached hydrogens (tertiary/aromatic N) is 1. The number of rotatable bonds is 2. The van der Waals surface area contributed by atoms with Crippen LogP contribution in [-0.2, 0) is 0 Å². The molecule has 1 aromatic carbocycles. The van der Waals surface area contributed by atoms with Crippen molar-refractivity contribution in [1.29, 1.82) is 0 Å². The molecule has 0 fully saturated rings. The Kier molecular flexibility index (Phi) is 3.58. The summed E-state index contributed by atoms with van der Waals surface area (Å²) >= 11 is 8.97. The van der Waals surface area contributed by atoms with Crippen LogP contribution in [0.5, 0.6) is 11.6 Å². The van der Waals surface area contributed by atoms with Crippen LogP contribution in [0.15, 0.2) is 27.5 Å². The van der Waals surface area contributed by atoms with Crippen molar-refractivity contribution >= 4 is 27.5 Å². The quantitative estimate of drug-likeness (QED) is 0.887. The Morgan fingerprint density at radius 2 is 2.22 bits per heavy atom. The van der Waals surface area contributed by atoms with Gasteiger partial charge >= 0.3 is 0 Å². The maximum absolute atomic E-state index is 11.6. The first-order chi connectivity index (χ1) is 8.54. The minimum absolute atomic E-state index is 0.0303. The maximum Gasteiger partial charge on any atom is 0.269 e. The first kappa shape index (κ1) is 12.9. The molecular weight excluding hydrogens is 323 g/mol. The Morgan fingerprint density at radius 1 is 1.50 bits per heavy atom. The molecule has 2 N–H and O–H groups in total. The summed E-state index contributed by atoms with van der Waals surface area (Å²) in [6, 6.07) is 5.03. The lowest BCUT2D eigenvalue weighted by Crippen LogP contribution is -2.10. The number of nitrogens with one attached hydrogen (secondary N) is 1. The fourth-order valence-corrected chi connectivity index (χ4v) is 1.91. The van der Waals surface area contributed by atoms with E-state index in [0.717, 1.165) is 0 Å². The second-order valence-electron chi connectivity index (χ2n) is 3.37. The van der Waals surface area contributed by atoms with Gasteiger partial charge in [-0.25, -0.2) is 0 Å². The average molecular weight is 332 g/mol. The van der Waals surface area contributed by atoms with E-state index < -0.39 is 11.4 Å². The van der Waals surface area contributed by atoms with Crippen LogP contribution in [0.3, 0.4) is 0 Å². The standard InChI is InChI=1S/C11H8BrClN2O3/c1-18-6-4-2-3-5(13)7(6)9-14-10(16)8(12)11(17)15-9/h2-4H,1H3,(H2,14,15,16,17). The van der Waals surface area contributed by atoms with Gasteiger partial charge < -0.3 is 14.8 Å². The number of H-pyrrole nitrogens is 1. The highest BCUT2D eigenvalue weighted by atomic mass is 79.9. The highest BCUT2D eigenvalue weighted by Gasteiger charge is 2.15. The highest BCUT2D eigenvalue weighted by molar-refractivity contribution is 9.10. The minimum Gasteiger partial charge on any atom is -0.496 e. The van der Waals surface area contributed by atoms with E-state index >= 15 is 0 Å². The molecule has 0 saturated carbocycles. The van der Waals surface area contributed by atoms with Gasteiger partial charge in [0.2, 0.25) is 5.88 Å². The van der Waals surface area contributed by atoms with Crippen molar-refractivity contribution in [3.8, 4) is 23.0 Å². The molecule has 0 atom stereocenters. The number of methoxy groups -OCH3 is 1. The van der Waals surface area contributed by atoms with E-state index in [2.05, 4.69) is 25.9 Å². The van der Waals surface area contributed by atoms with Crippen LogP contribution >= 0.6 is 27.5 Å². The molecule has 0 bridgehead atoms. The fraction of sp³-hybridized carbons (Fsp3) is 0.0909. The Hall–Kier alpha value is -1.53. The third kappa shape index (κ3) is 2.21. The van der Waals surface area contributed by atoms with Crippen LogP contribution in [-0.4, -0.2) is 22.2 Å². The normalized spacial score (nSPS) is 10.4. The molecule has 0 unspecified atom stereocenters. The summed E-state index contributed by atoms with van der Waals surface area (Å²) < 4.78 is 5.12. The molecule has 7 heteroatoms. The molecule has 0 spiro atoms. The first-order valence-corrected chi connectivity index (χ1v) is 6.03. The van der Waals surface area contributed by atoms with Crippen LogP contribution in [0.25, 0.3) is 11.4 Å². The third-order valence-corrected chi connectivity index (χ3v) is 3.31. The van der Waals surface area contributed by atoms with E-state index in [0.29, 0.717) is 16.3 Å². The third-order valence-electron chi connectivity index (χ3n) is 2.28. The molecule has 5 nitrogen and oxygen atoms in total. The Bertz CT molecular complexity index is 657. The number of aromatic nitrogens is 2. The summed E-state index contributed by atoms with van der Waals surface area (Å²) in [5.41, 5.74) is -0.0824. The monoisotopic (exact) mass is 330 g/mol. The predicted octanol–water partition coefficient (Wildman–Crippen LogP) is 2.57. The van der Waals surface area contributed by atoms with Crippen molar-refractivity contribution in [2.45, 2.75) is 0 Å². The molecule has 2 aromatic rings. The second kappa shape index (κ2) is 4.99. The lowest BCUT2D eigenvalue weighted by atomic mass is 10.2. The summed E-state index contributed by atoms with van der Waals surface area (Å²) in [5.74, 6) is 0.186. The summed E-state index contributed by atoms with van der Waals surface area (Å²) in [6.45, 7) is 0. The number of halogens is 2. The lowest BCUT2D eigenvalue weighted by molar-refractivity contribution is 0.415. The lowest BCUT2D eigenvalue weighted by Gasteiger charge is -2.09. The van der Waals surface area contributed by atoms with E-state index in [1.807, 2.05) is 0 Å². The Balaban J connectivity index is 2.73. The number of benzene rings is 1. The molecule has 0 aliphatic rings. The molecule has 18 heavy (non-hydrogen) atoms. The molecular formula is C11H8BrClN2O3. The van der Waals surface area contributed by atoms with E-state index in [4.69, 9.17) is 16.3 Å². The zero-order valence-corrected chi connectivity index (χ0v) is 11.5. The van der Waals surface area contributed by atoms with Gasteiger partial charge in [-0.05, 0) is 28.1 Å². The molecule has 0 amide bonds. The van der Waals surface area contributed by atoms with E-state index in [-0.39, 0.29) is 10.3 Å². The van der Waals surface area contributed by atoms with Crippen molar-refractivity contribution in [1.82, 2.24) is 9.97 Å². The molecule has 0 aliphatic carbocycles. The summed E-state index contributed by atoms with van der Waals surface area (Å²) in [5, 5.41) is 9.90. The van der Waals surface area contributed by atoms with Crippen molar-refractivity contribution in [2.75, 3.05) is 7.11 Å². The second-order valence-corrected chi connectivity index (χ2v) is 4.57. The van der Waals surface area contributed by atoms with Crippen LogP contribution < -0.4 is 10.3 Å². The van der Waals surface area contributed by atoms with Gasteiger partial charge in [0.15, 0.2) is 0 Å². The van der Waals surface area contributed by atoms with Gasteiger partial charge in [-0.3, -0.25) is 4.79 Å². The largest absolute Gasteiger partial charge is 0.496 e. The van der Waals surface area contributed by atoms with Crippen LogP contribution in [0.2, 0.25) is 5.02 Å². The van der Waals surface area contributed by atoms with Gasteiger partial charge in [0, 0.05) is 0 Å². The van der Waals surface area contributed by atoms with E-state index in [1.54, 1.807) is 18.2 Å². The van der Waals surface area contributed by atoms with Crippen LogP contribution in [0.1, 0.15) is 0 Å². The summed E-state index contributed by atoms with van der Waals surface area (Å²) in [6.07, 6.45) is 0. The first-order valence-electron chi connectivity index (χ1n) is 4.86. The number of aromatic amines is 1. The average Bonchev–Trinajstić information content (AvgIpc) is 2.35. The fourth-order valence-electron chi connectivity index (χ4n) is 1.47. The van der Waals surface area contributed by atoms with Gasteiger partial charge in [-0.2, -0.15) is 4.98 Å². The number of aromatic hydroxyl groups is 1. The van der Waals surface area contributed by atoms with E-state index in [9.17, 15) is 9.90 Å². The zero-order chi connectivity index (χ0) is 13.3.